The molecule has 4 heteroatoms. The first kappa shape index (κ1) is 12.1. The number of nitrogens with one attached hydrogen (secondary N) is 2. The second-order valence-corrected chi connectivity index (χ2v) is 3.84. The van der Waals surface area contributed by atoms with Crippen LogP contribution >= 0.6 is 0 Å². The molecule has 1 heterocycles. The summed E-state index contributed by atoms with van der Waals surface area (Å²) in [4.78, 5) is 14.6. The van der Waals surface area contributed by atoms with Crippen molar-refractivity contribution in [3.05, 3.63) is 54.4 Å². The zero-order valence-corrected chi connectivity index (χ0v) is 9.97. The lowest BCUT2D eigenvalue weighted by molar-refractivity contribution is -0.105. The van der Waals surface area contributed by atoms with E-state index in [0.29, 0.717) is 6.41 Å². The fourth-order valence-electron chi connectivity index (χ4n) is 1.67. The van der Waals surface area contributed by atoms with Gasteiger partial charge in [0.2, 0.25) is 6.41 Å². The van der Waals surface area contributed by atoms with Crippen LogP contribution in [0.15, 0.2) is 48.7 Å². The van der Waals surface area contributed by atoms with Gasteiger partial charge in [0, 0.05) is 36.2 Å². The molecule has 0 saturated carbocycles. The van der Waals surface area contributed by atoms with E-state index in [1.807, 2.05) is 42.5 Å². The molecule has 1 aromatic carbocycles. The number of rotatable bonds is 6. The summed E-state index contributed by atoms with van der Waals surface area (Å²) in [5.41, 5.74) is 2.83. The van der Waals surface area contributed by atoms with Crippen LogP contribution in [-0.2, 0) is 11.2 Å². The Balaban J connectivity index is 1.86. The second kappa shape index (κ2) is 6.39. The van der Waals surface area contributed by atoms with E-state index in [4.69, 9.17) is 0 Å². The van der Waals surface area contributed by atoms with Gasteiger partial charge < -0.3 is 10.6 Å². The monoisotopic (exact) mass is 241 g/mol. The van der Waals surface area contributed by atoms with E-state index in [0.717, 1.165) is 30.0 Å². The summed E-state index contributed by atoms with van der Waals surface area (Å²) in [6.45, 7) is 0.807. The Morgan fingerprint density at radius 3 is 2.78 bits per heavy atom. The predicted molar refractivity (Wildman–Crippen MR) is 72.6 cm³/mol. The van der Waals surface area contributed by atoms with Crippen LogP contribution in [0.25, 0.3) is 0 Å². The molecule has 2 rings (SSSR count). The maximum Gasteiger partial charge on any atom is 0.211 e. The first-order chi connectivity index (χ1) is 8.88. The van der Waals surface area contributed by atoms with E-state index in [2.05, 4.69) is 15.6 Å². The summed E-state index contributed by atoms with van der Waals surface area (Å²) >= 11 is 0. The number of anilines is 2. The molecule has 0 bridgehead atoms. The van der Waals surface area contributed by atoms with E-state index in [1.54, 1.807) is 6.20 Å². The highest BCUT2D eigenvalue weighted by Gasteiger charge is 1.96. The molecule has 0 spiro atoms. The standard InChI is InChI=1S/C14H15N3O/c18-11-17-14-6-3-5-13(10-14)16-9-7-12-4-1-2-8-15-12/h1-6,8,10-11,16H,7,9H2,(H,17,18). The lowest BCUT2D eigenvalue weighted by atomic mass is 10.2. The molecule has 2 aromatic rings. The third-order valence-electron chi connectivity index (χ3n) is 2.52. The molecule has 2 N–H and O–H groups in total. The van der Waals surface area contributed by atoms with Gasteiger partial charge in [-0.1, -0.05) is 12.1 Å². The number of pyridine rings is 1. The summed E-state index contributed by atoms with van der Waals surface area (Å²) < 4.78 is 0. The fourth-order valence-corrected chi connectivity index (χ4v) is 1.67. The quantitative estimate of drug-likeness (QED) is 0.763. The van der Waals surface area contributed by atoms with Crippen molar-refractivity contribution < 1.29 is 4.79 Å². The first-order valence-corrected chi connectivity index (χ1v) is 5.82. The van der Waals surface area contributed by atoms with Gasteiger partial charge in [-0.15, -0.1) is 0 Å². The SMILES string of the molecule is O=CNc1cccc(NCCc2ccccn2)c1. The number of nitrogens with zero attached hydrogens (tertiary/aromatic N) is 1. The molecule has 0 aliphatic carbocycles. The van der Waals surface area contributed by atoms with Crippen molar-refractivity contribution in [3.63, 3.8) is 0 Å². The molecular formula is C14H15N3O. The van der Waals surface area contributed by atoms with Gasteiger partial charge in [0.25, 0.3) is 0 Å². The van der Waals surface area contributed by atoms with Crippen molar-refractivity contribution in [3.8, 4) is 0 Å². The van der Waals surface area contributed by atoms with Gasteiger partial charge >= 0.3 is 0 Å². The molecule has 0 saturated heterocycles. The van der Waals surface area contributed by atoms with Crippen molar-refractivity contribution in [1.29, 1.82) is 0 Å². The average molecular weight is 241 g/mol. The van der Waals surface area contributed by atoms with Crippen LogP contribution in [0.1, 0.15) is 5.69 Å². The van der Waals surface area contributed by atoms with Crippen LogP contribution in [0.3, 0.4) is 0 Å². The van der Waals surface area contributed by atoms with Gasteiger partial charge in [-0.3, -0.25) is 9.78 Å². The Hall–Kier alpha value is -2.36. The Kier molecular flexibility index (Phi) is 4.30. The molecule has 18 heavy (non-hydrogen) atoms. The Bertz CT molecular complexity index is 499. The third-order valence-corrected chi connectivity index (χ3v) is 2.52. The highest BCUT2D eigenvalue weighted by molar-refractivity contribution is 5.73. The average Bonchev–Trinajstić information content (AvgIpc) is 2.41. The van der Waals surface area contributed by atoms with Gasteiger partial charge in [-0.25, -0.2) is 0 Å². The number of hydrogen-bond donors (Lipinski definition) is 2. The Morgan fingerprint density at radius 2 is 2.00 bits per heavy atom. The minimum atomic E-state index is 0.674. The number of aromatic nitrogens is 1. The summed E-state index contributed by atoms with van der Waals surface area (Å²) in [5.74, 6) is 0. The van der Waals surface area contributed by atoms with Gasteiger partial charge in [0.1, 0.15) is 0 Å². The maximum atomic E-state index is 10.3. The molecule has 0 radical (unpaired) electrons. The number of carbonyl (C=O) groups excluding carboxylic acids is 1. The van der Waals surface area contributed by atoms with Crippen molar-refractivity contribution in [2.45, 2.75) is 6.42 Å². The first-order valence-electron chi connectivity index (χ1n) is 5.82. The normalized spacial score (nSPS) is 9.78. The highest BCUT2D eigenvalue weighted by Crippen LogP contribution is 2.14. The largest absolute Gasteiger partial charge is 0.385 e. The molecular weight excluding hydrogens is 226 g/mol. The van der Waals surface area contributed by atoms with Gasteiger partial charge in [-0.05, 0) is 30.3 Å². The van der Waals surface area contributed by atoms with Crippen LogP contribution in [0.2, 0.25) is 0 Å². The van der Waals surface area contributed by atoms with Gasteiger partial charge in [-0.2, -0.15) is 0 Å². The molecule has 4 nitrogen and oxygen atoms in total. The molecule has 0 atom stereocenters. The number of carbonyl (C=O) groups is 1. The number of benzene rings is 1. The smallest absolute Gasteiger partial charge is 0.211 e. The topological polar surface area (TPSA) is 54.0 Å². The summed E-state index contributed by atoms with van der Waals surface area (Å²) in [6.07, 6.45) is 3.34. The molecule has 1 amide bonds. The lowest BCUT2D eigenvalue weighted by Gasteiger charge is -2.07. The van der Waals surface area contributed by atoms with Gasteiger partial charge in [0.05, 0.1) is 0 Å². The minimum absolute atomic E-state index is 0.674. The van der Waals surface area contributed by atoms with E-state index in [-0.39, 0.29) is 0 Å². The third kappa shape index (κ3) is 3.59. The van der Waals surface area contributed by atoms with Crippen LogP contribution in [0.4, 0.5) is 11.4 Å². The molecule has 1 aromatic heterocycles. The summed E-state index contributed by atoms with van der Waals surface area (Å²) in [5, 5.41) is 5.92. The summed E-state index contributed by atoms with van der Waals surface area (Å²) in [7, 11) is 0. The van der Waals surface area contributed by atoms with Crippen molar-refractivity contribution >= 4 is 17.8 Å². The lowest BCUT2D eigenvalue weighted by Crippen LogP contribution is -2.06. The highest BCUT2D eigenvalue weighted by atomic mass is 16.1. The predicted octanol–water partition coefficient (Wildman–Crippen LogP) is 2.30. The maximum absolute atomic E-state index is 10.3. The van der Waals surface area contributed by atoms with Gasteiger partial charge in [0.15, 0.2) is 0 Å². The number of amides is 1. The van der Waals surface area contributed by atoms with E-state index in [9.17, 15) is 4.79 Å². The molecule has 0 fully saturated rings. The Labute approximate surface area is 106 Å². The molecule has 92 valence electrons. The zero-order chi connectivity index (χ0) is 12.6. The zero-order valence-electron chi connectivity index (χ0n) is 9.97. The van der Waals surface area contributed by atoms with Crippen molar-refractivity contribution in [1.82, 2.24) is 4.98 Å². The van der Waals surface area contributed by atoms with Crippen molar-refractivity contribution in [2.24, 2.45) is 0 Å². The minimum Gasteiger partial charge on any atom is -0.385 e. The number of hydrogen-bond acceptors (Lipinski definition) is 3. The van der Waals surface area contributed by atoms with Crippen LogP contribution in [0, 0.1) is 0 Å². The molecule has 0 aliphatic heterocycles. The van der Waals surface area contributed by atoms with E-state index in [1.165, 1.54) is 0 Å². The second-order valence-electron chi connectivity index (χ2n) is 3.84. The van der Waals surface area contributed by atoms with E-state index < -0.39 is 0 Å². The summed E-state index contributed by atoms with van der Waals surface area (Å²) in [6, 6.07) is 13.5. The fraction of sp³-hybridized carbons (Fsp3) is 0.143. The van der Waals surface area contributed by atoms with Crippen LogP contribution in [0.5, 0.6) is 0 Å². The van der Waals surface area contributed by atoms with Crippen LogP contribution in [-0.4, -0.2) is 17.9 Å². The Morgan fingerprint density at radius 1 is 1.11 bits per heavy atom. The molecule has 0 unspecified atom stereocenters. The van der Waals surface area contributed by atoms with Crippen molar-refractivity contribution in [2.75, 3.05) is 17.2 Å². The van der Waals surface area contributed by atoms with Crippen LogP contribution < -0.4 is 10.6 Å². The molecule has 0 aliphatic rings. The van der Waals surface area contributed by atoms with E-state index >= 15 is 0 Å².